The zero-order chi connectivity index (χ0) is 12.3. The zero-order valence-corrected chi connectivity index (χ0v) is 9.90. The Labute approximate surface area is 100 Å². The molecule has 0 spiro atoms. The molecule has 0 atom stereocenters. The van der Waals surface area contributed by atoms with Gasteiger partial charge in [0.2, 0.25) is 0 Å². The van der Waals surface area contributed by atoms with Crippen molar-refractivity contribution in [2.75, 3.05) is 18.2 Å². The molecular formula is C13H15N3O. The third-order valence-electron chi connectivity index (χ3n) is 2.54. The Morgan fingerprint density at radius 3 is 2.76 bits per heavy atom. The molecule has 88 valence electrons. The molecule has 0 amide bonds. The normalized spacial score (nSPS) is 10.0. The number of anilines is 3. The van der Waals surface area contributed by atoms with Crippen molar-refractivity contribution < 1.29 is 4.74 Å². The van der Waals surface area contributed by atoms with E-state index in [0.29, 0.717) is 11.5 Å². The molecule has 1 heterocycles. The summed E-state index contributed by atoms with van der Waals surface area (Å²) < 4.78 is 5.31. The summed E-state index contributed by atoms with van der Waals surface area (Å²) in [7, 11) is 1.64. The van der Waals surface area contributed by atoms with Gasteiger partial charge in [-0.15, -0.1) is 0 Å². The van der Waals surface area contributed by atoms with Crippen LogP contribution in [-0.4, -0.2) is 12.1 Å². The lowest BCUT2D eigenvalue weighted by Gasteiger charge is -2.14. The Morgan fingerprint density at radius 2 is 2.06 bits per heavy atom. The highest BCUT2D eigenvalue weighted by Crippen LogP contribution is 2.31. The van der Waals surface area contributed by atoms with Gasteiger partial charge in [0, 0.05) is 6.20 Å². The number of ether oxygens (including phenoxy) is 1. The molecule has 1 aromatic carbocycles. The number of rotatable bonds is 3. The summed E-state index contributed by atoms with van der Waals surface area (Å²) in [6.07, 6.45) is 1.70. The van der Waals surface area contributed by atoms with Gasteiger partial charge in [-0.2, -0.15) is 0 Å². The fourth-order valence-corrected chi connectivity index (χ4v) is 1.61. The number of nitrogen functional groups attached to an aromatic ring is 1. The lowest BCUT2D eigenvalue weighted by atomic mass is 10.2. The smallest absolute Gasteiger partial charge is 0.153 e. The minimum Gasteiger partial charge on any atom is -0.495 e. The monoisotopic (exact) mass is 229 g/mol. The Kier molecular flexibility index (Phi) is 3.14. The number of nitrogens with zero attached hydrogens (tertiary/aromatic N) is 1. The predicted molar refractivity (Wildman–Crippen MR) is 69.7 cm³/mol. The molecule has 0 saturated carbocycles. The summed E-state index contributed by atoms with van der Waals surface area (Å²) in [4.78, 5) is 4.20. The summed E-state index contributed by atoms with van der Waals surface area (Å²) in [5.41, 5.74) is 8.42. The first-order valence-electron chi connectivity index (χ1n) is 5.33. The minimum absolute atomic E-state index is 0.609. The number of hydrogen-bond acceptors (Lipinski definition) is 4. The Balaban J connectivity index is 2.39. The number of hydrogen-bond donors (Lipinski definition) is 2. The van der Waals surface area contributed by atoms with E-state index in [1.54, 1.807) is 25.4 Å². The van der Waals surface area contributed by atoms with Gasteiger partial charge in [0.05, 0.1) is 18.5 Å². The number of methoxy groups -OCH3 is 1. The van der Waals surface area contributed by atoms with Crippen molar-refractivity contribution in [3.8, 4) is 5.75 Å². The second-order valence-corrected chi connectivity index (χ2v) is 3.72. The first-order valence-corrected chi connectivity index (χ1v) is 5.33. The van der Waals surface area contributed by atoms with E-state index in [1.165, 1.54) is 0 Å². The molecule has 4 heteroatoms. The molecule has 0 fully saturated rings. The maximum Gasteiger partial charge on any atom is 0.153 e. The van der Waals surface area contributed by atoms with Crippen LogP contribution in [0.3, 0.4) is 0 Å². The largest absolute Gasteiger partial charge is 0.495 e. The first kappa shape index (κ1) is 11.3. The van der Waals surface area contributed by atoms with E-state index < -0.39 is 0 Å². The molecule has 0 aliphatic rings. The molecule has 3 N–H and O–H groups in total. The molecule has 0 aliphatic carbocycles. The summed E-state index contributed by atoms with van der Waals surface area (Å²) in [5, 5.41) is 3.20. The minimum atomic E-state index is 0.609. The highest BCUT2D eigenvalue weighted by atomic mass is 16.5. The molecule has 4 nitrogen and oxygen atoms in total. The zero-order valence-electron chi connectivity index (χ0n) is 9.90. The second kappa shape index (κ2) is 4.74. The molecule has 1 aromatic heterocycles. The number of nitrogens with two attached hydrogens (primary N) is 1. The van der Waals surface area contributed by atoms with E-state index in [0.717, 1.165) is 17.0 Å². The van der Waals surface area contributed by atoms with Gasteiger partial charge >= 0.3 is 0 Å². The van der Waals surface area contributed by atoms with Crippen molar-refractivity contribution in [1.82, 2.24) is 4.98 Å². The van der Waals surface area contributed by atoms with E-state index in [1.807, 2.05) is 25.1 Å². The predicted octanol–water partition coefficient (Wildman–Crippen LogP) is 2.72. The molecule has 0 unspecified atom stereocenters. The van der Waals surface area contributed by atoms with Crippen molar-refractivity contribution in [3.63, 3.8) is 0 Å². The summed E-state index contributed by atoms with van der Waals surface area (Å²) >= 11 is 0. The molecule has 0 aliphatic heterocycles. The Morgan fingerprint density at radius 1 is 1.24 bits per heavy atom. The van der Waals surface area contributed by atoms with Crippen molar-refractivity contribution in [2.24, 2.45) is 0 Å². The van der Waals surface area contributed by atoms with Gasteiger partial charge in [0.1, 0.15) is 5.75 Å². The second-order valence-electron chi connectivity index (χ2n) is 3.72. The first-order chi connectivity index (χ1) is 8.22. The van der Waals surface area contributed by atoms with Gasteiger partial charge in [0.25, 0.3) is 0 Å². The van der Waals surface area contributed by atoms with Crippen LogP contribution < -0.4 is 15.8 Å². The van der Waals surface area contributed by atoms with E-state index in [2.05, 4.69) is 10.3 Å². The van der Waals surface area contributed by atoms with Gasteiger partial charge in [-0.05, 0) is 30.7 Å². The molecule has 17 heavy (non-hydrogen) atoms. The summed E-state index contributed by atoms with van der Waals surface area (Å²) in [5.74, 6) is 1.41. The lowest BCUT2D eigenvalue weighted by Crippen LogP contribution is -2.01. The maximum absolute atomic E-state index is 5.84. The van der Waals surface area contributed by atoms with Crippen LogP contribution in [0.1, 0.15) is 5.56 Å². The van der Waals surface area contributed by atoms with Crippen LogP contribution in [-0.2, 0) is 0 Å². The van der Waals surface area contributed by atoms with E-state index in [4.69, 9.17) is 10.5 Å². The van der Waals surface area contributed by atoms with Crippen molar-refractivity contribution in [3.05, 3.63) is 42.1 Å². The Hall–Kier alpha value is -2.23. The van der Waals surface area contributed by atoms with E-state index >= 15 is 0 Å². The van der Waals surface area contributed by atoms with Crippen LogP contribution >= 0.6 is 0 Å². The van der Waals surface area contributed by atoms with Gasteiger partial charge in [-0.25, -0.2) is 4.98 Å². The van der Waals surface area contributed by atoms with Crippen LogP contribution in [0.15, 0.2) is 36.5 Å². The standard InChI is InChI=1S/C13H15N3O/c1-9-5-3-7-11(17-2)12(9)16-13-10(14)6-4-8-15-13/h3-8H,14H2,1-2H3,(H,15,16). The highest BCUT2D eigenvalue weighted by Gasteiger charge is 2.08. The van der Waals surface area contributed by atoms with Crippen molar-refractivity contribution in [2.45, 2.75) is 6.92 Å². The van der Waals surface area contributed by atoms with E-state index in [-0.39, 0.29) is 0 Å². The molecule has 2 aromatic rings. The third-order valence-corrected chi connectivity index (χ3v) is 2.54. The highest BCUT2D eigenvalue weighted by molar-refractivity contribution is 5.74. The van der Waals surface area contributed by atoms with Crippen molar-refractivity contribution >= 4 is 17.2 Å². The number of benzene rings is 1. The van der Waals surface area contributed by atoms with Crippen LogP contribution in [0.2, 0.25) is 0 Å². The van der Waals surface area contributed by atoms with Gasteiger partial charge in [-0.1, -0.05) is 12.1 Å². The van der Waals surface area contributed by atoms with Gasteiger partial charge < -0.3 is 15.8 Å². The fourth-order valence-electron chi connectivity index (χ4n) is 1.61. The number of pyridine rings is 1. The molecule has 2 rings (SSSR count). The molecule has 0 radical (unpaired) electrons. The number of para-hydroxylation sites is 1. The topological polar surface area (TPSA) is 60.2 Å². The third kappa shape index (κ3) is 2.30. The average molecular weight is 229 g/mol. The lowest BCUT2D eigenvalue weighted by molar-refractivity contribution is 0.416. The summed E-state index contributed by atoms with van der Waals surface area (Å²) in [6, 6.07) is 9.45. The average Bonchev–Trinajstić information content (AvgIpc) is 2.34. The van der Waals surface area contributed by atoms with Crippen LogP contribution in [0.25, 0.3) is 0 Å². The van der Waals surface area contributed by atoms with Crippen molar-refractivity contribution in [1.29, 1.82) is 0 Å². The van der Waals surface area contributed by atoms with Crippen LogP contribution in [0.5, 0.6) is 5.75 Å². The molecule has 0 bridgehead atoms. The van der Waals surface area contributed by atoms with E-state index in [9.17, 15) is 0 Å². The molecule has 0 saturated heterocycles. The maximum atomic E-state index is 5.84. The van der Waals surface area contributed by atoms with Gasteiger partial charge in [-0.3, -0.25) is 0 Å². The quantitative estimate of drug-likeness (QED) is 0.849. The van der Waals surface area contributed by atoms with Gasteiger partial charge in [0.15, 0.2) is 5.82 Å². The number of aromatic nitrogens is 1. The number of nitrogens with one attached hydrogen (secondary N) is 1. The fraction of sp³-hybridized carbons (Fsp3) is 0.154. The number of aryl methyl sites for hydroxylation is 1. The Bertz CT molecular complexity index is 526. The molecular weight excluding hydrogens is 214 g/mol. The van der Waals surface area contributed by atoms with Crippen LogP contribution in [0, 0.1) is 6.92 Å². The van der Waals surface area contributed by atoms with Crippen LogP contribution in [0.4, 0.5) is 17.2 Å². The summed E-state index contributed by atoms with van der Waals surface area (Å²) in [6.45, 7) is 2.00. The SMILES string of the molecule is COc1cccc(C)c1Nc1ncccc1N.